The summed E-state index contributed by atoms with van der Waals surface area (Å²) in [6.07, 6.45) is -1.26. The summed E-state index contributed by atoms with van der Waals surface area (Å²) in [4.78, 5) is 15.7. The molecule has 1 aliphatic rings. The number of nitrogens with one attached hydrogen (secondary N) is 1. The van der Waals surface area contributed by atoms with E-state index >= 15 is 0 Å². The number of nitrogens with zero attached hydrogens (tertiary/aromatic N) is 3. The summed E-state index contributed by atoms with van der Waals surface area (Å²) >= 11 is 0. The average molecular weight is 314 g/mol. The number of alkyl halides is 3. The second-order valence-electron chi connectivity index (χ2n) is 5.01. The molecule has 0 atom stereocenters. The van der Waals surface area contributed by atoms with Crippen molar-refractivity contribution in [2.75, 3.05) is 6.54 Å². The minimum atomic E-state index is -4.27. The molecule has 2 N–H and O–H groups in total. The predicted molar refractivity (Wildman–Crippen MR) is 71.3 cm³/mol. The van der Waals surface area contributed by atoms with Crippen molar-refractivity contribution in [3.63, 3.8) is 0 Å². The predicted octanol–water partition coefficient (Wildman–Crippen LogP) is 1.08. The molecule has 0 radical (unpaired) electrons. The summed E-state index contributed by atoms with van der Waals surface area (Å²) in [6.45, 7) is -0.0778. The second-order valence-corrected chi connectivity index (χ2v) is 5.01. The van der Waals surface area contributed by atoms with Crippen LogP contribution in [0, 0.1) is 0 Å². The Morgan fingerprint density at radius 2 is 2.14 bits per heavy atom. The maximum atomic E-state index is 12.2. The quantitative estimate of drug-likeness (QED) is 0.889. The smallest absolute Gasteiger partial charge is 0.401 e. The van der Waals surface area contributed by atoms with E-state index in [1.165, 1.54) is 12.3 Å². The first kappa shape index (κ1) is 14.6. The third-order valence-corrected chi connectivity index (χ3v) is 3.50. The van der Waals surface area contributed by atoms with Crippen LogP contribution >= 0.6 is 0 Å². The number of rotatable bonds is 3. The lowest BCUT2D eigenvalue weighted by Gasteiger charge is -2.22. The number of pyridine rings is 1. The highest BCUT2D eigenvalue weighted by atomic mass is 19.4. The van der Waals surface area contributed by atoms with Crippen LogP contribution in [0.3, 0.4) is 0 Å². The molecule has 1 aliphatic heterocycles. The number of fused-ring (bicyclic) bond motifs is 3. The van der Waals surface area contributed by atoms with E-state index in [1.807, 2.05) is 0 Å². The minimum absolute atomic E-state index is 0.00430. The number of aromatic nitrogens is 3. The molecular formula is C13H13F3N4O2. The molecule has 0 saturated carbocycles. The molecule has 2 aromatic rings. The van der Waals surface area contributed by atoms with Gasteiger partial charge in [0.25, 0.3) is 0 Å². The fourth-order valence-corrected chi connectivity index (χ4v) is 2.52. The van der Waals surface area contributed by atoms with Gasteiger partial charge in [0, 0.05) is 31.9 Å². The van der Waals surface area contributed by atoms with E-state index in [0.29, 0.717) is 30.3 Å². The number of hydrogen-bond acceptors (Lipinski definition) is 4. The van der Waals surface area contributed by atoms with Crippen LogP contribution in [0.15, 0.2) is 23.3 Å². The van der Waals surface area contributed by atoms with Gasteiger partial charge in [0.1, 0.15) is 5.69 Å². The zero-order valence-electron chi connectivity index (χ0n) is 11.4. The van der Waals surface area contributed by atoms with E-state index in [0.717, 1.165) is 0 Å². The summed E-state index contributed by atoms with van der Waals surface area (Å²) in [5.74, 6) is -0.0193. The van der Waals surface area contributed by atoms with Gasteiger partial charge in [-0.15, -0.1) is 0 Å². The zero-order valence-corrected chi connectivity index (χ0v) is 11.4. The standard InChI is InChI=1S/C13H13F3N4O2/c14-13(15,16)7-17-5-8-6-18-12-10-11(22)9(21)1-2-19(10)3-4-20(8)12/h1-2,6,17,22H,3-5,7H2. The molecule has 2 aromatic heterocycles. The van der Waals surface area contributed by atoms with Crippen molar-refractivity contribution in [2.45, 2.75) is 25.8 Å². The molecule has 118 valence electrons. The summed E-state index contributed by atoms with van der Waals surface area (Å²) in [5, 5.41) is 12.2. The average Bonchev–Trinajstić information content (AvgIpc) is 2.84. The van der Waals surface area contributed by atoms with Crippen molar-refractivity contribution in [1.29, 1.82) is 0 Å². The van der Waals surface area contributed by atoms with Crippen LogP contribution in [0.4, 0.5) is 13.2 Å². The number of hydrogen-bond donors (Lipinski definition) is 2. The summed E-state index contributed by atoms with van der Waals surface area (Å²) in [7, 11) is 0. The van der Waals surface area contributed by atoms with Gasteiger partial charge in [0.05, 0.1) is 18.4 Å². The molecule has 0 fully saturated rings. The first-order valence-corrected chi connectivity index (χ1v) is 6.61. The molecule has 9 heteroatoms. The van der Waals surface area contributed by atoms with Crippen LogP contribution in [0.5, 0.6) is 5.75 Å². The van der Waals surface area contributed by atoms with Crippen LogP contribution in [0.2, 0.25) is 0 Å². The van der Waals surface area contributed by atoms with Gasteiger partial charge >= 0.3 is 6.18 Å². The Bertz CT molecular complexity index is 764. The van der Waals surface area contributed by atoms with Crippen molar-refractivity contribution in [1.82, 2.24) is 19.4 Å². The van der Waals surface area contributed by atoms with Gasteiger partial charge in [0.15, 0.2) is 11.6 Å². The first-order chi connectivity index (χ1) is 10.4. The fourth-order valence-electron chi connectivity index (χ4n) is 2.52. The van der Waals surface area contributed by atoms with Gasteiger partial charge in [0.2, 0.25) is 5.43 Å². The second kappa shape index (κ2) is 5.16. The van der Waals surface area contributed by atoms with Gasteiger partial charge < -0.3 is 19.6 Å². The van der Waals surface area contributed by atoms with E-state index in [2.05, 4.69) is 10.3 Å². The lowest BCUT2D eigenvalue weighted by molar-refractivity contribution is -0.125. The van der Waals surface area contributed by atoms with Crippen LogP contribution in [0.25, 0.3) is 11.5 Å². The third kappa shape index (κ3) is 2.59. The van der Waals surface area contributed by atoms with Crippen molar-refractivity contribution < 1.29 is 18.3 Å². The topological polar surface area (TPSA) is 72.1 Å². The van der Waals surface area contributed by atoms with Gasteiger partial charge in [-0.25, -0.2) is 4.98 Å². The summed E-state index contributed by atoms with van der Waals surface area (Å²) in [6, 6.07) is 1.27. The number of halogens is 3. The molecule has 0 spiro atoms. The highest BCUT2D eigenvalue weighted by Crippen LogP contribution is 2.29. The van der Waals surface area contributed by atoms with Gasteiger partial charge in [-0.1, -0.05) is 0 Å². The lowest BCUT2D eigenvalue weighted by atomic mass is 10.2. The Balaban J connectivity index is 1.90. The molecule has 3 heterocycles. The largest absolute Gasteiger partial charge is 0.503 e. The molecule has 0 amide bonds. The third-order valence-electron chi connectivity index (χ3n) is 3.50. The molecule has 0 aromatic carbocycles. The summed E-state index contributed by atoms with van der Waals surface area (Å²) in [5.41, 5.74) is 0.349. The molecular weight excluding hydrogens is 301 g/mol. The Hall–Kier alpha value is -2.29. The first-order valence-electron chi connectivity index (χ1n) is 6.61. The Morgan fingerprint density at radius 1 is 1.36 bits per heavy atom. The number of imidazole rings is 1. The molecule has 0 bridgehead atoms. The van der Waals surface area contributed by atoms with Crippen LogP contribution in [-0.4, -0.2) is 31.9 Å². The molecule has 6 nitrogen and oxygen atoms in total. The van der Waals surface area contributed by atoms with Gasteiger partial charge in [-0.2, -0.15) is 13.2 Å². The van der Waals surface area contributed by atoms with Crippen LogP contribution in [-0.2, 0) is 19.6 Å². The SMILES string of the molecule is O=c1ccn2c(c1O)-c1ncc(CNCC(F)(F)F)n1CC2. The van der Waals surface area contributed by atoms with Crippen molar-refractivity contribution in [3.05, 3.63) is 34.4 Å². The Labute approximate surface area is 122 Å². The molecule has 0 saturated heterocycles. The van der Waals surface area contributed by atoms with Gasteiger partial charge in [-0.3, -0.25) is 4.79 Å². The molecule has 22 heavy (non-hydrogen) atoms. The van der Waals surface area contributed by atoms with E-state index in [-0.39, 0.29) is 6.54 Å². The van der Waals surface area contributed by atoms with Crippen LogP contribution in [0.1, 0.15) is 5.69 Å². The molecule has 0 aliphatic carbocycles. The van der Waals surface area contributed by atoms with E-state index in [4.69, 9.17) is 0 Å². The summed E-state index contributed by atoms with van der Waals surface area (Å²) < 4.78 is 39.9. The van der Waals surface area contributed by atoms with E-state index in [9.17, 15) is 23.1 Å². The monoisotopic (exact) mass is 314 g/mol. The highest BCUT2D eigenvalue weighted by molar-refractivity contribution is 5.61. The molecule has 0 unspecified atom stereocenters. The zero-order chi connectivity index (χ0) is 15.9. The van der Waals surface area contributed by atoms with Crippen molar-refractivity contribution in [2.24, 2.45) is 0 Å². The number of aryl methyl sites for hydroxylation is 1. The highest BCUT2D eigenvalue weighted by Gasteiger charge is 2.27. The lowest BCUT2D eigenvalue weighted by Crippen LogP contribution is -2.29. The Morgan fingerprint density at radius 3 is 2.86 bits per heavy atom. The maximum Gasteiger partial charge on any atom is 0.401 e. The Kier molecular flexibility index (Phi) is 3.44. The van der Waals surface area contributed by atoms with E-state index < -0.39 is 23.9 Å². The van der Waals surface area contributed by atoms with Crippen molar-refractivity contribution >= 4 is 0 Å². The normalized spacial score (nSPS) is 13.8. The van der Waals surface area contributed by atoms with Crippen molar-refractivity contribution in [3.8, 4) is 17.3 Å². The number of aromatic hydroxyl groups is 1. The molecule has 3 rings (SSSR count). The van der Waals surface area contributed by atoms with Crippen LogP contribution < -0.4 is 10.7 Å². The van der Waals surface area contributed by atoms with Gasteiger partial charge in [-0.05, 0) is 0 Å². The maximum absolute atomic E-state index is 12.2. The fraction of sp³-hybridized carbons (Fsp3) is 0.385. The minimum Gasteiger partial charge on any atom is -0.503 e. The van der Waals surface area contributed by atoms with E-state index in [1.54, 1.807) is 15.3 Å².